The number of carbonyl (C=O) groups excluding carboxylic acids is 1. The Hall–Kier alpha value is -4.13. The molecular formula is C28H25N3O4. The average molecular weight is 468 g/mol. The van der Waals surface area contributed by atoms with E-state index >= 15 is 0 Å². The van der Waals surface area contributed by atoms with Gasteiger partial charge in [-0.1, -0.05) is 55.4 Å². The summed E-state index contributed by atoms with van der Waals surface area (Å²) in [6.45, 7) is 6.23. The molecule has 1 aliphatic heterocycles. The van der Waals surface area contributed by atoms with Gasteiger partial charge in [-0.25, -0.2) is 4.79 Å². The molecule has 35 heavy (non-hydrogen) atoms. The van der Waals surface area contributed by atoms with Crippen LogP contribution in [0.25, 0.3) is 22.2 Å². The summed E-state index contributed by atoms with van der Waals surface area (Å²) in [6, 6.07) is 16.0. The number of piperidine rings is 1. The van der Waals surface area contributed by atoms with Crippen molar-refractivity contribution in [1.29, 1.82) is 0 Å². The van der Waals surface area contributed by atoms with Crippen molar-refractivity contribution in [2.24, 2.45) is 11.8 Å². The summed E-state index contributed by atoms with van der Waals surface area (Å²) in [4.78, 5) is 28.0. The second kappa shape index (κ2) is 7.98. The first-order valence-corrected chi connectivity index (χ1v) is 11.9. The van der Waals surface area contributed by atoms with Crippen molar-refractivity contribution in [3.05, 3.63) is 71.3 Å². The Balaban J connectivity index is 1.61. The molecule has 2 N–H and O–H groups in total. The van der Waals surface area contributed by atoms with Crippen molar-refractivity contribution in [2.75, 3.05) is 23.3 Å². The van der Waals surface area contributed by atoms with Crippen LogP contribution >= 0.6 is 0 Å². The molecule has 0 unspecified atom stereocenters. The Labute approximate surface area is 202 Å². The molecule has 6 rings (SSSR count). The summed E-state index contributed by atoms with van der Waals surface area (Å²) in [5.74, 6) is 0.422. The minimum Gasteiger partial charge on any atom is -0.478 e. The smallest absolute Gasteiger partial charge is 0.337 e. The summed E-state index contributed by atoms with van der Waals surface area (Å²) in [5, 5.41) is 18.1. The van der Waals surface area contributed by atoms with Gasteiger partial charge in [0.25, 0.3) is 0 Å². The van der Waals surface area contributed by atoms with Gasteiger partial charge < -0.3 is 19.8 Å². The summed E-state index contributed by atoms with van der Waals surface area (Å²) in [7, 11) is 0. The lowest BCUT2D eigenvalue weighted by atomic mass is 9.85. The van der Waals surface area contributed by atoms with E-state index in [1.54, 1.807) is 30.3 Å². The van der Waals surface area contributed by atoms with Gasteiger partial charge in [-0.15, -0.1) is 0 Å². The molecule has 2 atom stereocenters. The van der Waals surface area contributed by atoms with Gasteiger partial charge in [-0.05, 0) is 36.5 Å². The zero-order valence-corrected chi connectivity index (χ0v) is 19.5. The Morgan fingerprint density at radius 1 is 1.03 bits per heavy atom. The lowest BCUT2D eigenvalue weighted by molar-refractivity contribution is 0.0698. The van der Waals surface area contributed by atoms with E-state index in [0.717, 1.165) is 30.8 Å². The van der Waals surface area contributed by atoms with Crippen molar-refractivity contribution < 1.29 is 19.2 Å². The van der Waals surface area contributed by atoms with E-state index in [-0.39, 0.29) is 11.3 Å². The van der Waals surface area contributed by atoms with Crippen molar-refractivity contribution in [3.63, 3.8) is 0 Å². The molecule has 0 bridgehead atoms. The number of nitrogens with one attached hydrogen (secondary N) is 1. The van der Waals surface area contributed by atoms with Gasteiger partial charge in [0, 0.05) is 24.2 Å². The van der Waals surface area contributed by atoms with Crippen LogP contribution in [0.3, 0.4) is 0 Å². The third kappa shape index (κ3) is 3.38. The molecule has 4 aromatic rings. The van der Waals surface area contributed by atoms with Crippen LogP contribution < -0.4 is 10.2 Å². The summed E-state index contributed by atoms with van der Waals surface area (Å²) < 4.78 is 5.87. The molecule has 1 aliphatic carbocycles. The van der Waals surface area contributed by atoms with Gasteiger partial charge in [0.15, 0.2) is 11.5 Å². The van der Waals surface area contributed by atoms with Gasteiger partial charge >= 0.3 is 5.97 Å². The third-order valence-corrected chi connectivity index (χ3v) is 7.01. The first kappa shape index (κ1) is 21.4. The summed E-state index contributed by atoms with van der Waals surface area (Å²) in [5.41, 5.74) is 4.38. The summed E-state index contributed by atoms with van der Waals surface area (Å²) >= 11 is 0. The zero-order chi connectivity index (χ0) is 24.3. The number of fused-ring (bicyclic) bond motifs is 2. The number of anilines is 3. The minimum atomic E-state index is -1.04. The number of aromatic nitrogens is 1. The van der Waals surface area contributed by atoms with Crippen LogP contribution in [-0.4, -0.2) is 35.1 Å². The highest BCUT2D eigenvalue weighted by atomic mass is 16.5. The quantitative estimate of drug-likeness (QED) is 0.336. The number of ketones is 1. The Bertz CT molecular complexity index is 1500. The van der Waals surface area contributed by atoms with Crippen LogP contribution in [0.5, 0.6) is 0 Å². The molecule has 0 amide bonds. The first-order valence-electron chi connectivity index (χ1n) is 11.9. The number of hydrogen-bond donors (Lipinski definition) is 2. The van der Waals surface area contributed by atoms with Crippen LogP contribution in [-0.2, 0) is 0 Å². The molecule has 1 fully saturated rings. The molecule has 7 heteroatoms. The van der Waals surface area contributed by atoms with E-state index < -0.39 is 5.97 Å². The molecular weight excluding hydrogens is 442 g/mol. The fraction of sp³-hybridized carbons (Fsp3) is 0.250. The number of carbonyl (C=O) groups is 2. The van der Waals surface area contributed by atoms with E-state index in [4.69, 9.17) is 4.52 Å². The highest BCUT2D eigenvalue weighted by Gasteiger charge is 2.35. The van der Waals surface area contributed by atoms with Crippen LogP contribution in [0.4, 0.5) is 17.1 Å². The molecule has 1 aromatic heterocycles. The van der Waals surface area contributed by atoms with Gasteiger partial charge in [0.05, 0.1) is 33.6 Å². The van der Waals surface area contributed by atoms with E-state index in [9.17, 15) is 14.7 Å². The highest BCUT2D eigenvalue weighted by Crippen LogP contribution is 2.47. The lowest BCUT2D eigenvalue weighted by Crippen LogP contribution is -2.39. The molecule has 3 aromatic carbocycles. The van der Waals surface area contributed by atoms with Crippen LogP contribution in [0.15, 0.2) is 59.1 Å². The van der Waals surface area contributed by atoms with Crippen molar-refractivity contribution >= 4 is 39.7 Å². The van der Waals surface area contributed by atoms with Crippen LogP contribution in [0.1, 0.15) is 46.5 Å². The van der Waals surface area contributed by atoms with Gasteiger partial charge in [0.2, 0.25) is 0 Å². The fourth-order valence-corrected chi connectivity index (χ4v) is 5.67. The second-order valence-corrected chi connectivity index (χ2v) is 9.76. The average Bonchev–Trinajstić information content (AvgIpc) is 3.27. The first-order chi connectivity index (χ1) is 16.9. The Kier molecular flexibility index (Phi) is 4.88. The molecule has 2 aliphatic rings. The Morgan fingerprint density at radius 3 is 2.46 bits per heavy atom. The fourth-order valence-electron chi connectivity index (χ4n) is 5.67. The normalized spacial score (nSPS) is 19.0. The van der Waals surface area contributed by atoms with E-state index in [0.29, 0.717) is 51.0 Å². The largest absolute Gasteiger partial charge is 0.478 e. The number of carboxylic acid groups (broad SMARTS) is 1. The van der Waals surface area contributed by atoms with Crippen molar-refractivity contribution in [2.45, 2.75) is 20.3 Å². The lowest BCUT2D eigenvalue weighted by Gasteiger charge is -2.37. The third-order valence-electron chi connectivity index (χ3n) is 7.01. The minimum absolute atomic E-state index is 0.135. The van der Waals surface area contributed by atoms with Gasteiger partial charge in [-0.3, -0.25) is 4.79 Å². The second-order valence-electron chi connectivity index (χ2n) is 9.76. The monoisotopic (exact) mass is 467 g/mol. The number of hydrogen-bond acceptors (Lipinski definition) is 6. The van der Waals surface area contributed by atoms with Crippen molar-refractivity contribution in [3.8, 4) is 11.3 Å². The van der Waals surface area contributed by atoms with Crippen molar-refractivity contribution in [1.82, 2.24) is 5.16 Å². The van der Waals surface area contributed by atoms with E-state index in [2.05, 4.69) is 29.2 Å². The van der Waals surface area contributed by atoms with Crippen LogP contribution in [0, 0.1) is 11.8 Å². The zero-order valence-electron chi connectivity index (χ0n) is 19.5. The number of rotatable bonds is 4. The molecule has 2 heterocycles. The molecule has 176 valence electrons. The Morgan fingerprint density at radius 2 is 1.71 bits per heavy atom. The maximum Gasteiger partial charge on any atom is 0.337 e. The predicted molar refractivity (Wildman–Crippen MR) is 135 cm³/mol. The predicted octanol–water partition coefficient (Wildman–Crippen LogP) is 5.96. The maximum atomic E-state index is 13.8. The topological polar surface area (TPSA) is 95.7 Å². The van der Waals surface area contributed by atoms with E-state index in [1.807, 2.05) is 24.3 Å². The van der Waals surface area contributed by atoms with Crippen LogP contribution in [0.2, 0.25) is 0 Å². The molecule has 1 saturated heterocycles. The standard InChI is InChI=1S/C28H25N3O4/c1-15-11-16(2)14-31(13-15)22-12-21(29-20-10-6-5-9-19(20)28(33)34)23-24-25(22)30-35-27(24)18-8-4-3-7-17(18)26(23)32/h3-10,12,15-16,29H,11,13-14H2,1-2H3,(H,33,34)/t15-,16-/m0/s1. The number of nitrogens with zero attached hydrogens (tertiary/aromatic N) is 2. The molecule has 0 saturated carbocycles. The number of carboxylic acids is 1. The SMILES string of the molecule is C[C@H]1C[C@H](C)CN(c2cc(Nc3ccccc3C(=O)O)c3c4c(onc24)-c2ccccc2C3=O)C1. The molecule has 0 radical (unpaired) electrons. The highest BCUT2D eigenvalue weighted by molar-refractivity contribution is 6.29. The van der Waals surface area contributed by atoms with E-state index in [1.165, 1.54) is 0 Å². The maximum absolute atomic E-state index is 13.8. The molecule has 7 nitrogen and oxygen atoms in total. The number of para-hydroxylation sites is 1. The summed E-state index contributed by atoms with van der Waals surface area (Å²) in [6.07, 6.45) is 1.16. The number of benzene rings is 3. The molecule has 0 spiro atoms. The van der Waals surface area contributed by atoms with Gasteiger partial charge in [0.1, 0.15) is 5.52 Å². The van der Waals surface area contributed by atoms with Gasteiger partial charge in [-0.2, -0.15) is 0 Å². The number of aromatic carboxylic acids is 1.